The van der Waals surface area contributed by atoms with E-state index in [0.29, 0.717) is 12.1 Å². The molecule has 0 spiro atoms. The number of aliphatic imine (C=N–C) groups is 1. The predicted octanol–water partition coefficient (Wildman–Crippen LogP) is 3.12. The Hall–Kier alpha value is -1.71. The summed E-state index contributed by atoms with van der Waals surface area (Å²) in [6.45, 7) is 3.16. The van der Waals surface area contributed by atoms with Crippen molar-refractivity contribution < 1.29 is 4.74 Å². The second kappa shape index (κ2) is 7.71. The normalized spacial score (nSPS) is 24.5. The third kappa shape index (κ3) is 4.88. The maximum Gasteiger partial charge on any atom is 0.191 e. The van der Waals surface area contributed by atoms with Crippen LogP contribution in [0.25, 0.3) is 0 Å². The van der Waals surface area contributed by atoms with Crippen LogP contribution in [0.1, 0.15) is 44.6 Å². The highest BCUT2D eigenvalue weighted by Crippen LogP contribution is 2.28. The molecule has 2 N–H and O–H groups in total. The van der Waals surface area contributed by atoms with E-state index in [1.165, 1.54) is 37.7 Å². The van der Waals surface area contributed by atoms with Crippen molar-refractivity contribution in [3.05, 3.63) is 29.8 Å². The zero-order valence-corrected chi connectivity index (χ0v) is 14.3. The Morgan fingerprint density at radius 1 is 1.22 bits per heavy atom. The van der Waals surface area contributed by atoms with E-state index in [-0.39, 0.29) is 0 Å². The molecular weight excluding hydrogens is 286 g/mol. The largest absolute Gasteiger partial charge is 0.490 e. The van der Waals surface area contributed by atoms with Crippen LogP contribution in [0.2, 0.25) is 0 Å². The van der Waals surface area contributed by atoms with Crippen molar-refractivity contribution in [2.45, 2.75) is 57.6 Å². The number of guanidine groups is 1. The van der Waals surface area contributed by atoms with E-state index in [1.807, 2.05) is 7.05 Å². The van der Waals surface area contributed by atoms with E-state index >= 15 is 0 Å². The van der Waals surface area contributed by atoms with E-state index < -0.39 is 0 Å². The minimum Gasteiger partial charge on any atom is -0.490 e. The monoisotopic (exact) mass is 315 g/mol. The molecule has 0 aliphatic heterocycles. The molecule has 0 saturated heterocycles. The summed E-state index contributed by atoms with van der Waals surface area (Å²) < 4.78 is 6.01. The molecule has 4 nitrogen and oxygen atoms in total. The SMILES string of the molecule is CN=C(NCCc1ccc(OC2CCCC2)cc1)NC1CC1C. The van der Waals surface area contributed by atoms with E-state index in [1.54, 1.807) is 0 Å². The average Bonchev–Trinajstić information content (AvgIpc) is 3.02. The van der Waals surface area contributed by atoms with Gasteiger partial charge in [0.2, 0.25) is 0 Å². The molecule has 1 aromatic rings. The third-order valence-corrected chi connectivity index (χ3v) is 4.89. The molecule has 2 saturated carbocycles. The van der Waals surface area contributed by atoms with Gasteiger partial charge in [-0.25, -0.2) is 0 Å². The number of nitrogens with one attached hydrogen (secondary N) is 2. The van der Waals surface area contributed by atoms with Crippen molar-refractivity contribution in [2.75, 3.05) is 13.6 Å². The topological polar surface area (TPSA) is 45.7 Å². The second-order valence-electron chi connectivity index (χ2n) is 6.88. The van der Waals surface area contributed by atoms with Gasteiger partial charge in [-0.05, 0) is 62.1 Å². The second-order valence-corrected chi connectivity index (χ2v) is 6.88. The molecule has 0 aromatic heterocycles. The Bertz CT molecular complexity index is 520. The quantitative estimate of drug-likeness (QED) is 0.626. The molecule has 3 rings (SSSR count). The summed E-state index contributed by atoms with van der Waals surface area (Å²) in [6.07, 6.45) is 7.71. The summed E-state index contributed by atoms with van der Waals surface area (Å²) in [4.78, 5) is 4.28. The Morgan fingerprint density at radius 3 is 2.52 bits per heavy atom. The predicted molar refractivity (Wildman–Crippen MR) is 95.1 cm³/mol. The number of hydrogen-bond acceptors (Lipinski definition) is 2. The molecule has 2 unspecified atom stereocenters. The van der Waals surface area contributed by atoms with Gasteiger partial charge in [0.25, 0.3) is 0 Å². The molecule has 0 radical (unpaired) electrons. The molecule has 4 heteroatoms. The molecule has 1 aromatic carbocycles. The van der Waals surface area contributed by atoms with Crippen LogP contribution in [0.15, 0.2) is 29.3 Å². The lowest BCUT2D eigenvalue weighted by Crippen LogP contribution is -2.39. The maximum absolute atomic E-state index is 6.01. The molecule has 2 aliphatic rings. The fourth-order valence-corrected chi connectivity index (χ4v) is 3.15. The average molecular weight is 315 g/mol. The lowest BCUT2D eigenvalue weighted by molar-refractivity contribution is 0.210. The molecule has 126 valence electrons. The summed E-state index contributed by atoms with van der Waals surface area (Å²) in [5, 5.41) is 6.84. The first-order chi connectivity index (χ1) is 11.2. The van der Waals surface area contributed by atoms with E-state index in [0.717, 1.165) is 30.6 Å². The highest BCUT2D eigenvalue weighted by atomic mass is 16.5. The van der Waals surface area contributed by atoms with Gasteiger partial charge in [-0.3, -0.25) is 4.99 Å². The van der Waals surface area contributed by atoms with Gasteiger partial charge in [0.05, 0.1) is 6.10 Å². The maximum atomic E-state index is 6.01. The van der Waals surface area contributed by atoms with Crippen LogP contribution in [0.5, 0.6) is 5.75 Å². The molecule has 2 aliphatic carbocycles. The van der Waals surface area contributed by atoms with Crippen LogP contribution < -0.4 is 15.4 Å². The van der Waals surface area contributed by atoms with Gasteiger partial charge in [0, 0.05) is 19.6 Å². The molecule has 0 heterocycles. The highest BCUT2D eigenvalue weighted by Gasteiger charge is 2.33. The summed E-state index contributed by atoms with van der Waals surface area (Å²) in [7, 11) is 1.83. The first-order valence-corrected chi connectivity index (χ1v) is 8.97. The van der Waals surface area contributed by atoms with Crippen molar-refractivity contribution in [3.63, 3.8) is 0 Å². The van der Waals surface area contributed by atoms with Crippen molar-refractivity contribution >= 4 is 5.96 Å². The van der Waals surface area contributed by atoms with E-state index in [4.69, 9.17) is 4.74 Å². The zero-order valence-electron chi connectivity index (χ0n) is 14.3. The third-order valence-electron chi connectivity index (χ3n) is 4.89. The van der Waals surface area contributed by atoms with Gasteiger partial charge in [-0.1, -0.05) is 19.1 Å². The molecule has 0 amide bonds. The Balaban J connectivity index is 1.39. The lowest BCUT2D eigenvalue weighted by atomic mass is 10.1. The summed E-state index contributed by atoms with van der Waals surface area (Å²) in [5.41, 5.74) is 1.33. The van der Waals surface area contributed by atoms with Crippen LogP contribution in [0, 0.1) is 5.92 Å². The minimum absolute atomic E-state index is 0.432. The first-order valence-electron chi connectivity index (χ1n) is 8.97. The summed E-state index contributed by atoms with van der Waals surface area (Å²) >= 11 is 0. The van der Waals surface area contributed by atoms with Gasteiger partial charge in [-0.15, -0.1) is 0 Å². The Labute approximate surface area is 139 Å². The number of nitrogens with zero attached hydrogens (tertiary/aromatic N) is 1. The molecule has 0 bridgehead atoms. The van der Waals surface area contributed by atoms with Crippen LogP contribution in [0.4, 0.5) is 0 Å². The fraction of sp³-hybridized carbons (Fsp3) is 0.632. The van der Waals surface area contributed by atoms with Gasteiger partial charge in [0.1, 0.15) is 5.75 Å². The standard InChI is InChI=1S/C19H29N3O/c1-14-13-18(14)22-19(20-2)21-12-11-15-7-9-17(10-8-15)23-16-5-3-4-6-16/h7-10,14,16,18H,3-6,11-13H2,1-2H3,(H2,20,21,22). The van der Waals surface area contributed by atoms with Crippen LogP contribution in [-0.2, 0) is 6.42 Å². The molecule has 23 heavy (non-hydrogen) atoms. The first kappa shape index (κ1) is 16.2. The van der Waals surface area contributed by atoms with Crippen LogP contribution in [0.3, 0.4) is 0 Å². The molecule has 2 fully saturated rings. The number of hydrogen-bond donors (Lipinski definition) is 2. The molecular formula is C19H29N3O. The summed E-state index contributed by atoms with van der Waals surface area (Å²) in [6, 6.07) is 9.16. The van der Waals surface area contributed by atoms with Gasteiger partial charge < -0.3 is 15.4 Å². The lowest BCUT2D eigenvalue weighted by Gasteiger charge is -2.14. The smallest absolute Gasteiger partial charge is 0.191 e. The van der Waals surface area contributed by atoms with Gasteiger partial charge in [-0.2, -0.15) is 0 Å². The van der Waals surface area contributed by atoms with Crippen molar-refractivity contribution in [1.29, 1.82) is 0 Å². The minimum atomic E-state index is 0.432. The number of rotatable bonds is 6. The number of benzene rings is 1. The Morgan fingerprint density at radius 2 is 1.91 bits per heavy atom. The van der Waals surface area contributed by atoms with Crippen LogP contribution >= 0.6 is 0 Å². The van der Waals surface area contributed by atoms with Gasteiger partial charge in [0.15, 0.2) is 5.96 Å². The van der Waals surface area contributed by atoms with Crippen LogP contribution in [-0.4, -0.2) is 31.7 Å². The van der Waals surface area contributed by atoms with Crippen molar-refractivity contribution in [3.8, 4) is 5.75 Å². The van der Waals surface area contributed by atoms with Crippen molar-refractivity contribution in [2.24, 2.45) is 10.9 Å². The number of ether oxygens (including phenoxy) is 1. The Kier molecular flexibility index (Phi) is 5.42. The zero-order chi connectivity index (χ0) is 16.1. The molecule has 2 atom stereocenters. The summed E-state index contributed by atoms with van der Waals surface area (Å²) in [5.74, 6) is 2.70. The highest BCUT2D eigenvalue weighted by molar-refractivity contribution is 5.80. The van der Waals surface area contributed by atoms with Crippen molar-refractivity contribution in [1.82, 2.24) is 10.6 Å². The van der Waals surface area contributed by atoms with E-state index in [9.17, 15) is 0 Å². The van der Waals surface area contributed by atoms with E-state index in [2.05, 4.69) is 46.8 Å². The van der Waals surface area contributed by atoms with Gasteiger partial charge >= 0.3 is 0 Å². The fourth-order valence-electron chi connectivity index (χ4n) is 3.15.